The van der Waals surface area contributed by atoms with Gasteiger partial charge in [0, 0.05) is 18.0 Å². The normalized spacial score (nSPS) is 47.6. The first-order valence-electron chi connectivity index (χ1n) is 7.78. The molecule has 5 aliphatic rings. The minimum Gasteiger partial charge on any atom is -0.454 e. The minimum atomic E-state index is -0.302. The molecule has 3 fully saturated rings. The van der Waals surface area contributed by atoms with Crippen LogP contribution in [-0.2, 0) is 16.7 Å². The molecule has 6 unspecified atom stereocenters. The topological polar surface area (TPSA) is 54.5 Å². The van der Waals surface area contributed by atoms with E-state index in [1.807, 2.05) is 0 Å². The van der Waals surface area contributed by atoms with Crippen molar-refractivity contribution in [3.63, 3.8) is 0 Å². The number of benzene rings is 1. The Morgan fingerprint density at radius 1 is 1.24 bits per heavy atom. The second kappa shape index (κ2) is 3.37. The molecule has 1 N–H and O–H groups in total. The Labute approximate surface area is 122 Å². The Hall–Kier alpha value is -1.30. The number of hydrogen-bond acceptors (Lipinski definition) is 5. The molecule has 0 radical (unpaired) electrons. The van der Waals surface area contributed by atoms with Crippen molar-refractivity contribution in [2.24, 2.45) is 0 Å². The predicted molar refractivity (Wildman–Crippen MR) is 72.3 cm³/mol. The van der Waals surface area contributed by atoms with E-state index >= 15 is 0 Å². The van der Waals surface area contributed by atoms with Crippen molar-refractivity contribution in [2.75, 3.05) is 13.3 Å². The summed E-state index contributed by atoms with van der Waals surface area (Å²) in [6.07, 6.45) is 1.87. The molecule has 1 saturated carbocycles. The van der Waals surface area contributed by atoms with Crippen molar-refractivity contribution in [1.29, 1.82) is 0 Å². The van der Waals surface area contributed by atoms with Crippen molar-refractivity contribution >= 4 is 0 Å². The van der Waals surface area contributed by atoms with E-state index in [1.165, 1.54) is 11.1 Å². The van der Waals surface area contributed by atoms with Crippen LogP contribution < -0.4 is 9.47 Å². The molecule has 1 aromatic rings. The number of rotatable bonds is 0. The lowest BCUT2D eigenvalue weighted by atomic mass is 9.63. The standard InChI is InChI=1S/C16H17NO4/c18-10-5-13-16(15-14(10)21-15)1-2-17(13)6-8-3-11-12(4-9(8)16)20-7-19-11/h3-4,10,13-15,18H,1-2,5-7H2. The van der Waals surface area contributed by atoms with E-state index in [4.69, 9.17) is 14.2 Å². The zero-order chi connectivity index (χ0) is 13.8. The summed E-state index contributed by atoms with van der Waals surface area (Å²) >= 11 is 0. The smallest absolute Gasteiger partial charge is 0.231 e. The first-order valence-corrected chi connectivity index (χ1v) is 7.78. The number of aliphatic hydroxyl groups is 1. The van der Waals surface area contributed by atoms with Crippen LogP contribution in [0.4, 0.5) is 0 Å². The van der Waals surface area contributed by atoms with E-state index < -0.39 is 0 Å². The molecule has 2 saturated heterocycles. The van der Waals surface area contributed by atoms with Gasteiger partial charge < -0.3 is 19.3 Å². The molecule has 0 spiro atoms. The first kappa shape index (κ1) is 11.3. The van der Waals surface area contributed by atoms with Gasteiger partial charge in [0.2, 0.25) is 6.79 Å². The molecular weight excluding hydrogens is 270 g/mol. The fraction of sp³-hybridized carbons (Fsp3) is 0.625. The lowest BCUT2D eigenvalue weighted by Crippen LogP contribution is -2.55. The highest BCUT2D eigenvalue weighted by molar-refractivity contribution is 5.55. The van der Waals surface area contributed by atoms with E-state index in [1.54, 1.807) is 0 Å². The highest BCUT2D eigenvalue weighted by Crippen LogP contribution is 2.60. The number of nitrogens with zero attached hydrogens (tertiary/aromatic N) is 1. The fourth-order valence-electron chi connectivity index (χ4n) is 5.29. The molecular formula is C16H17NO4. The van der Waals surface area contributed by atoms with E-state index in [2.05, 4.69) is 17.0 Å². The molecule has 5 heteroatoms. The molecule has 110 valence electrons. The van der Waals surface area contributed by atoms with Gasteiger partial charge in [-0.05, 0) is 42.6 Å². The average molecular weight is 287 g/mol. The van der Waals surface area contributed by atoms with Crippen LogP contribution in [0.2, 0.25) is 0 Å². The molecule has 0 aromatic heterocycles. The number of hydrogen-bond donors (Lipinski definition) is 1. The summed E-state index contributed by atoms with van der Waals surface area (Å²) in [7, 11) is 0. The third-order valence-corrected chi connectivity index (χ3v) is 6.20. The summed E-state index contributed by atoms with van der Waals surface area (Å²) < 4.78 is 17.0. The maximum absolute atomic E-state index is 10.2. The van der Waals surface area contributed by atoms with Crippen molar-refractivity contribution in [2.45, 2.75) is 49.2 Å². The summed E-state index contributed by atoms with van der Waals surface area (Å²) in [4.78, 5) is 2.52. The van der Waals surface area contributed by atoms with E-state index in [0.29, 0.717) is 12.8 Å². The summed E-state index contributed by atoms with van der Waals surface area (Å²) in [5.74, 6) is 1.74. The van der Waals surface area contributed by atoms with Gasteiger partial charge in [0.05, 0.1) is 12.2 Å². The summed E-state index contributed by atoms with van der Waals surface area (Å²) in [5, 5.41) is 10.2. The Balaban J connectivity index is 1.58. The molecule has 6 atom stereocenters. The zero-order valence-electron chi connectivity index (χ0n) is 11.6. The maximum atomic E-state index is 10.2. The monoisotopic (exact) mass is 287 g/mol. The lowest BCUT2D eigenvalue weighted by Gasteiger charge is -2.46. The highest BCUT2D eigenvalue weighted by atomic mass is 16.7. The van der Waals surface area contributed by atoms with Crippen LogP contribution >= 0.6 is 0 Å². The summed E-state index contributed by atoms with van der Waals surface area (Å²) in [5.41, 5.74) is 2.78. The van der Waals surface area contributed by atoms with Gasteiger partial charge in [0.25, 0.3) is 0 Å². The first-order chi connectivity index (χ1) is 10.3. The molecule has 4 heterocycles. The Morgan fingerprint density at radius 2 is 2.10 bits per heavy atom. The Morgan fingerprint density at radius 3 is 3.00 bits per heavy atom. The van der Waals surface area contributed by atoms with Gasteiger partial charge in [0.1, 0.15) is 6.10 Å². The molecule has 6 rings (SSSR count). The average Bonchev–Trinajstić information content (AvgIpc) is 3.10. The van der Waals surface area contributed by atoms with Gasteiger partial charge in [-0.15, -0.1) is 0 Å². The molecule has 0 amide bonds. The molecule has 5 nitrogen and oxygen atoms in total. The van der Waals surface area contributed by atoms with Crippen LogP contribution in [-0.4, -0.2) is 47.7 Å². The van der Waals surface area contributed by atoms with Crippen LogP contribution in [0.3, 0.4) is 0 Å². The summed E-state index contributed by atoms with van der Waals surface area (Å²) in [6.45, 7) is 2.35. The van der Waals surface area contributed by atoms with Gasteiger partial charge in [0.15, 0.2) is 11.5 Å². The van der Waals surface area contributed by atoms with Gasteiger partial charge in [-0.2, -0.15) is 0 Å². The quantitative estimate of drug-likeness (QED) is 0.714. The van der Waals surface area contributed by atoms with Crippen LogP contribution in [0.25, 0.3) is 0 Å². The predicted octanol–water partition coefficient (Wildman–Crippen LogP) is 0.773. The third-order valence-electron chi connectivity index (χ3n) is 6.20. The highest BCUT2D eigenvalue weighted by Gasteiger charge is 2.69. The van der Waals surface area contributed by atoms with Crippen LogP contribution in [0.15, 0.2) is 12.1 Å². The third kappa shape index (κ3) is 1.17. The largest absolute Gasteiger partial charge is 0.454 e. The van der Waals surface area contributed by atoms with Crippen molar-refractivity contribution < 1.29 is 19.3 Å². The van der Waals surface area contributed by atoms with Gasteiger partial charge in [-0.1, -0.05) is 0 Å². The maximum Gasteiger partial charge on any atom is 0.231 e. The van der Waals surface area contributed by atoms with Gasteiger partial charge >= 0.3 is 0 Å². The summed E-state index contributed by atoms with van der Waals surface area (Å²) in [6, 6.07) is 4.74. The second-order valence-corrected chi connectivity index (χ2v) is 6.96. The SMILES string of the molecule is OC1CC2N3CCC2(c2cc4c(cc2C3)OCO4)C2OC12. The van der Waals surface area contributed by atoms with Crippen molar-refractivity contribution in [3.05, 3.63) is 23.3 Å². The second-order valence-electron chi connectivity index (χ2n) is 6.96. The number of aliphatic hydroxyl groups excluding tert-OH is 1. The van der Waals surface area contributed by atoms with Gasteiger partial charge in [-0.3, -0.25) is 4.90 Å². The van der Waals surface area contributed by atoms with Crippen molar-refractivity contribution in [3.8, 4) is 11.5 Å². The van der Waals surface area contributed by atoms with E-state index in [9.17, 15) is 5.11 Å². The van der Waals surface area contributed by atoms with Crippen LogP contribution in [0.5, 0.6) is 11.5 Å². The van der Waals surface area contributed by atoms with Crippen molar-refractivity contribution in [1.82, 2.24) is 4.90 Å². The van der Waals surface area contributed by atoms with Gasteiger partial charge in [-0.25, -0.2) is 0 Å². The lowest BCUT2D eigenvalue weighted by molar-refractivity contribution is 0.0586. The number of fused-ring (bicyclic) bond motifs is 3. The molecule has 1 aromatic carbocycles. The molecule has 1 aliphatic carbocycles. The Kier molecular flexibility index (Phi) is 1.81. The van der Waals surface area contributed by atoms with E-state index in [-0.39, 0.29) is 23.7 Å². The molecule has 21 heavy (non-hydrogen) atoms. The molecule has 2 bridgehead atoms. The number of epoxide rings is 1. The van der Waals surface area contributed by atoms with Crippen LogP contribution in [0.1, 0.15) is 24.0 Å². The van der Waals surface area contributed by atoms with Crippen LogP contribution in [0, 0.1) is 0 Å². The zero-order valence-corrected chi connectivity index (χ0v) is 11.6. The molecule has 4 aliphatic heterocycles. The minimum absolute atomic E-state index is 0.0394. The number of ether oxygens (including phenoxy) is 3. The fourth-order valence-corrected chi connectivity index (χ4v) is 5.29. The van der Waals surface area contributed by atoms with E-state index in [0.717, 1.165) is 37.4 Å². The Bertz CT molecular complexity index is 662.